The van der Waals surface area contributed by atoms with E-state index < -0.39 is 0 Å². The average Bonchev–Trinajstić information content (AvgIpc) is 2.51. The van der Waals surface area contributed by atoms with Crippen LogP contribution < -0.4 is 5.32 Å². The van der Waals surface area contributed by atoms with Gasteiger partial charge in [0.05, 0.1) is 0 Å². The highest BCUT2D eigenvalue weighted by atomic mass is 14.9. The summed E-state index contributed by atoms with van der Waals surface area (Å²) in [5.41, 5.74) is 1.27. The maximum atomic E-state index is 3.70. The summed E-state index contributed by atoms with van der Waals surface area (Å²) in [6.07, 6.45) is 15.1. The Balaban J connectivity index is 2.11. The summed E-state index contributed by atoms with van der Waals surface area (Å²) in [5.74, 6) is 0. The van der Waals surface area contributed by atoms with Crippen molar-refractivity contribution in [1.29, 1.82) is 0 Å². The van der Waals surface area contributed by atoms with Gasteiger partial charge in [-0.2, -0.15) is 0 Å². The number of benzene rings is 1. The molecule has 0 amide bonds. The summed E-state index contributed by atoms with van der Waals surface area (Å²) in [6, 6.07) is 11.3. The van der Waals surface area contributed by atoms with Gasteiger partial charge >= 0.3 is 0 Å². The second-order valence-corrected chi connectivity index (χ2v) is 6.26. The van der Waals surface area contributed by atoms with Gasteiger partial charge in [-0.1, -0.05) is 89.8 Å². The van der Waals surface area contributed by atoms with Crippen molar-refractivity contribution in [1.82, 2.24) is 0 Å². The maximum Gasteiger partial charge on any atom is 0.0342 e. The minimum absolute atomic E-state index is 0.650. The van der Waals surface area contributed by atoms with Crippen LogP contribution >= 0.6 is 0 Å². The molecule has 1 nitrogen and oxygen atoms in total. The van der Waals surface area contributed by atoms with Crippen LogP contribution in [-0.2, 0) is 0 Å². The van der Waals surface area contributed by atoms with Gasteiger partial charge in [0.25, 0.3) is 0 Å². The SMILES string of the molecule is CCCCCCCCCCC(CCC)Nc1ccccc1. The second-order valence-electron chi connectivity index (χ2n) is 6.26. The Labute approximate surface area is 132 Å². The molecule has 0 fully saturated rings. The molecule has 0 saturated heterocycles. The van der Waals surface area contributed by atoms with Crippen LogP contribution in [0.2, 0.25) is 0 Å². The van der Waals surface area contributed by atoms with Gasteiger partial charge in [0.2, 0.25) is 0 Å². The zero-order valence-corrected chi connectivity index (χ0v) is 14.2. The summed E-state index contributed by atoms with van der Waals surface area (Å²) in [7, 11) is 0. The Kier molecular flexibility index (Phi) is 11.0. The molecule has 1 atom stereocenters. The molecular weight excluding hydrogens is 254 g/mol. The van der Waals surface area contributed by atoms with E-state index in [9.17, 15) is 0 Å². The van der Waals surface area contributed by atoms with Crippen molar-refractivity contribution < 1.29 is 0 Å². The second kappa shape index (κ2) is 12.7. The van der Waals surface area contributed by atoms with E-state index in [-0.39, 0.29) is 0 Å². The molecule has 1 heteroatoms. The summed E-state index contributed by atoms with van der Waals surface area (Å²) in [6.45, 7) is 4.57. The lowest BCUT2D eigenvalue weighted by Gasteiger charge is -2.19. The van der Waals surface area contributed by atoms with Crippen LogP contribution in [0.4, 0.5) is 5.69 Å². The van der Waals surface area contributed by atoms with Crippen LogP contribution in [-0.4, -0.2) is 6.04 Å². The molecule has 0 bridgehead atoms. The molecule has 0 aliphatic rings. The fourth-order valence-corrected chi connectivity index (χ4v) is 2.93. The van der Waals surface area contributed by atoms with Crippen LogP contribution in [0.3, 0.4) is 0 Å². The predicted molar refractivity (Wildman–Crippen MR) is 96.0 cm³/mol. The molecule has 0 spiro atoms. The molecular formula is C20H35N. The van der Waals surface area contributed by atoms with E-state index in [1.807, 2.05) is 0 Å². The van der Waals surface area contributed by atoms with Gasteiger partial charge in [-0.15, -0.1) is 0 Å². The normalized spacial score (nSPS) is 12.3. The molecule has 0 radical (unpaired) electrons. The number of para-hydroxylation sites is 1. The Morgan fingerprint density at radius 2 is 1.33 bits per heavy atom. The highest BCUT2D eigenvalue weighted by Crippen LogP contribution is 2.16. The van der Waals surface area contributed by atoms with Gasteiger partial charge in [-0.25, -0.2) is 0 Å². The number of hydrogen-bond donors (Lipinski definition) is 1. The molecule has 1 aromatic carbocycles. The van der Waals surface area contributed by atoms with Crippen molar-refractivity contribution in [3.05, 3.63) is 30.3 Å². The van der Waals surface area contributed by atoms with Crippen LogP contribution in [0.25, 0.3) is 0 Å². The molecule has 120 valence electrons. The minimum Gasteiger partial charge on any atom is -0.382 e. The van der Waals surface area contributed by atoms with Gasteiger partial charge in [-0.05, 0) is 25.0 Å². The van der Waals surface area contributed by atoms with E-state index in [0.29, 0.717) is 6.04 Å². The predicted octanol–water partition coefficient (Wildman–Crippen LogP) is 6.80. The Morgan fingerprint density at radius 3 is 1.95 bits per heavy atom. The van der Waals surface area contributed by atoms with Crippen LogP contribution in [0.1, 0.15) is 84.5 Å². The minimum atomic E-state index is 0.650. The molecule has 0 aromatic heterocycles. The first kappa shape index (κ1) is 18.1. The molecule has 1 unspecified atom stereocenters. The number of rotatable bonds is 13. The van der Waals surface area contributed by atoms with E-state index in [1.54, 1.807) is 0 Å². The van der Waals surface area contributed by atoms with Crippen molar-refractivity contribution >= 4 is 5.69 Å². The van der Waals surface area contributed by atoms with Crippen molar-refractivity contribution in [3.63, 3.8) is 0 Å². The summed E-state index contributed by atoms with van der Waals surface area (Å²) in [4.78, 5) is 0. The average molecular weight is 290 g/mol. The monoisotopic (exact) mass is 289 g/mol. The smallest absolute Gasteiger partial charge is 0.0342 e. The first-order valence-electron chi connectivity index (χ1n) is 9.18. The summed E-state index contributed by atoms with van der Waals surface area (Å²) in [5, 5.41) is 3.70. The third-order valence-corrected chi connectivity index (χ3v) is 4.19. The van der Waals surface area contributed by atoms with Gasteiger partial charge < -0.3 is 5.32 Å². The lowest BCUT2D eigenvalue weighted by atomic mass is 10.0. The molecule has 1 rings (SSSR count). The zero-order valence-electron chi connectivity index (χ0n) is 14.2. The van der Waals surface area contributed by atoms with Crippen LogP contribution in [0.15, 0.2) is 30.3 Å². The first-order chi connectivity index (χ1) is 10.4. The Morgan fingerprint density at radius 1 is 0.714 bits per heavy atom. The van der Waals surface area contributed by atoms with Gasteiger partial charge in [0.15, 0.2) is 0 Å². The molecule has 1 aromatic rings. The van der Waals surface area contributed by atoms with Crippen LogP contribution in [0, 0.1) is 0 Å². The third-order valence-electron chi connectivity index (χ3n) is 4.19. The molecule has 21 heavy (non-hydrogen) atoms. The maximum absolute atomic E-state index is 3.70. The summed E-state index contributed by atoms with van der Waals surface area (Å²) >= 11 is 0. The van der Waals surface area contributed by atoms with Gasteiger partial charge in [0.1, 0.15) is 0 Å². The van der Waals surface area contributed by atoms with E-state index in [2.05, 4.69) is 49.5 Å². The Bertz CT molecular complexity index is 320. The lowest BCUT2D eigenvalue weighted by Crippen LogP contribution is -2.19. The highest BCUT2D eigenvalue weighted by molar-refractivity contribution is 5.43. The molecule has 1 N–H and O–H groups in total. The van der Waals surface area contributed by atoms with Crippen molar-refractivity contribution in [2.24, 2.45) is 0 Å². The van der Waals surface area contributed by atoms with Crippen molar-refractivity contribution in [2.45, 2.75) is 90.5 Å². The van der Waals surface area contributed by atoms with Crippen molar-refractivity contribution in [3.8, 4) is 0 Å². The first-order valence-corrected chi connectivity index (χ1v) is 9.18. The topological polar surface area (TPSA) is 12.0 Å². The van der Waals surface area contributed by atoms with Gasteiger partial charge in [-0.3, -0.25) is 0 Å². The van der Waals surface area contributed by atoms with E-state index in [0.717, 1.165) is 0 Å². The quantitative estimate of drug-likeness (QED) is 0.394. The van der Waals surface area contributed by atoms with E-state index in [4.69, 9.17) is 0 Å². The third kappa shape index (κ3) is 9.55. The van der Waals surface area contributed by atoms with Gasteiger partial charge in [0, 0.05) is 11.7 Å². The fourth-order valence-electron chi connectivity index (χ4n) is 2.93. The number of nitrogens with one attached hydrogen (secondary N) is 1. The molecule has 0 heterocycles. The fraction of sp³-hybridized carbons (Fsp3) is 0.700. The van der Waals surface area contributed by atoms with E-state index >= 15 is 0 Å². The lowest BCUT2D eigenvalue weighted by molar-refractivity contribution is 0.522. The highest BCUT2D eigenvalue weighted by Gasteiger charge is 2.06. The Hall–Kier alpha value is -0.980. The molecule has 0 aliphatic heterocycles. The number of anilines is 1. The van der Waals surface area contributed by atoms with Crippen LogP contribution in [0.5, 0.6) is 0 Å². The van der Waals surface area contributed by atoms with E-state index in [1.165, 1.54) is 76.3 Å². The molecule has 0 aliphatic carbocycles. The summed E-state index contributed by atoms with van der Waals surface area (Å²) < 4.78 is 0. The zero-order chi connectivity index (χ0) is 15.2. The van der Waals surface area contributed by atoms with Crippen molar-refractivity contribution in [2.75, 3.05) is 5.32 Å². The number of unbranched alkanes of at least 4 members (excludes halogenated alkanes) is 7. The number of hydrogen-bond acceptors (Lipinski definition) is 1. The largest absolute Gasteiger partial charge is 0.382 e. The molecule has 0 saturated carbocycles. The standard InChI is InChI=1S/C20H35N/c1-3-5-6-7-8-9-10-12-16-19(15-4-2)21-20-17-13-11-14-18-20/h11,13-14,17-19,21H,3-10,12,15-16H2,1-2H3.